The second-order valence-corrected chi connectivity index (χ2v) is 4.15. The SMILES string of the molecule is Cc1cccc(N/C(=C\C(=N)C(F)(F)F)CNCl)c1. The van der Waals surface area contributed by atoms with Gasteiger partial charge in [-0.15, -0.1) is 0 Å². The van der Waals surface area contributed by atoms with Gasteiger partial charge >= 0.3 is 6.18 Å². The van der Waals surface area contributed by atoms with E-state index in [1.807, 2.05) is 13.0 Å². The van der Waals surface area contributed by atoms with Gasteiger partial charge in [0, 0.05) is 11.4 Å². The predicted molar refractivity (Wildman–Crippen MR) is 70.5 cm³/mol. The summed E-state index contributed by atoms with van der Waals surface area (Å²) in [7, 11) is 0. The Hall–Kier alpha value is -1.53. The third kappa shape index (κ3) is 5.32. The molecule has 0 unspecified atom stereocenters. The normalized spacial score (nSPS) is 12.4. The van der Waals surface area contributed by atoms with Gasteiger partial charge in [-0.3, -0.25) is 5.41 Å². The van der Waals surface area contributed by atoms with Crippen molar-refractivity contribution in [3.05, 3.63) is 41.6 Å². The van der Waals surface area contributed by atoms with Gasteiger partial charge in [-0.2, -0.15) is 13.2 Å². The van der Waals surface area contributed by atoms with Gasteiger partial charge in [0.2, 0.25) is 0 Å². The summed E-state index contributed by atoms with van der Waals surface area (Å²) < 4.78 is 36.9. The van der Waals surface area contributed by atoms with Gasteiger partial charge in [0.25, 0.3) is 0 Å². The minimum Gasteiger partial charge on any atom is -0.358 e. The highest BCUT2D eigenvalue weighted by Gasteiger charge is 2.32. The maximum atomic E-state index is 12.3. The van der Waals surface area contributed by atoms with Crippen molar-refractivity contribution >= 4 is 23.2 Å². The van der Waals surface area contributed by atoms with Gasteiger partial charge in [-0.1, -0.05) is 12.1 Å². The van der Waals surface area contributed by atoms with Crippen molar-refractivity contribution in [1.29, 1.82) is 5.41 Å². The first kappa shape index (κ1) is 15.5. The number of anilines is 1. The lowest BCUT2D eigenvalue weighted by Crippen LogP contribution is -2.22. The lowest BCUT2D eigenvalue weighted by Gasteiger charge is -2.12. The number of allylic oxidation sites excluding steroid dienone is 1. The zero-order valence-electron chi connectivity index (χ0n) is 10.1. The van der Waals surface area contributed by atoms with Crippen LogP contribution in [0.25, 0.3) is 0 Å². The van der Waals surface area contributed by atoms with Crippen LogP contribution in [0.3, 0.4) is 0 Å². The number of rotatable bonds is 5. The fourth-order valence-corrected chi connectivity index (χ4v) is 1.51. The van der Waals surface area contributed by atoms with Gasteiger partial charge in [0.15, 0.2) is 0 Å². The van der Waals surface area contributed by atoms with Crippen LogP contribution in [0.15, 0.2) is 36.0 Å². The molecule has 0 aromatic heterocycles. The van der Waals surface area contributed by atoms with E-state index >= 15 is 0 Å². The van der Waals surface area contributed by atoms with E-state index in [1.54, 1.807) is 18.2 Å². The second kappa shape index (κ2) is 6.58. The Morgan fingerprint density at radius 1 is 1.42 bits per heavy atom. The number of halogens is 4. The zero-order valence-corrected chi connectivity index (χ0v) is 10.9. The largest absolute Gasteiger partial charge is 0.432 e. The van der Waals surface area contributed by atoms with Crippen molar-refractivity contribution in [3.8, 4) is 0 Å². The third-order valence-electron chi connectivity index (χ3n) is 2.20. The quantitative estimate of drug-likeness (QED) is 0.573. The monoisotopic (exact) mass is 291 g/mol. The van der Waals surface area contributed by atoms with Crippen molar-refractivity contribution in [2.75, 3.05) is 11.9 Å². The summed E-state index contributed by atoms with van der Waals surface area (Å²) in [5.74, 6) is 0. The molecule has 0 aliphatic rings. The fraction of sp³-hybridized carbons (Fsp3) is 0.250. The van der Waals surface area contributed by atoms with Crippen LogP contribution >= 0.6 is 11.8 Å². The first-order valence-corrected chi connectivity index (χ1v) is 5.74. The van der Waals surface area contributed by atoms with Gasteiger partial charge < -0.3 is 5.32 Å². The molecule has 0 atom stereocenters. The summed E-state index contributed by atoms with van der Waals surface area (Å²) in [6, 6.07) is 7.14. The van der Waals surface area contributed by atoms with E-state index < -0.39 is 11.9 Å². The molecule has 0 aliphatic carbocycles. The van der Waals surface area contributed by atoms with E-state index in [0.29, 0.717) is 11.8 Å². The highest BCUT2D eigenvalue weighted by Crippen LogP contribution is 2.19. The molecule has 0 radical (unpaired) electrons. The minimum atomic E-state index is -4.67. The topological polar surface area (TPSA) is 47.9 Å². The summed E-state index contributed by atoms with van der Waals surface area (Å²) in [6.07, 6.45) is -3.97. The van der Waals surface area contributed by atoms with Crippen LogP contribution in [0.2, 0.25) is 0 Å². The first-order valence-electron chi connectivity index (χ1n) is 5.36. The first-order chi connectivity index (χ1) is 8.82. The van der Waals surface area contributed by atoms with Crippen LogP contribution in [0.4, 0.5) is 18.9 Å². The van der Waals surface area contributed by atoms with Crippen LogP contribution in [-0.4, -0.2) is 18.4 Å². The molecule has 7 heteroatoms. The molecule has 0 spiro atoms. The van der Waals surface area contributed by atoms with Crippen molar-refractivity contribution in [2.24, 2.45) is 0 Å². The highest BCUT2D eigenvalue weighted by atomic mass is 35.5. The molecular formula is C12H13ClF3N3. The van der Waals surface area contributed by atoms with E-state index in [4.69, 9.17) is 17.2 Å². The van der Waals surface area contributed by atoms with Crippen molar-refractivity contribution in [1.82, 2.24) is 4.84 Å². The van der Waals surface area contributed by atoms with Gasteiger partial charge in [0.1, 0.15) is 5.71 Å². The Balaban J connectivity index is 2.89. The van der Waals surface area contributed by atoms with Crippen LogP contribution in [-0.2, 0) is 0 Å². The summed E-state index contributed by atoms with van der Waals surface area (Å²) in [5, 5.41) is 9.74. The highest BCUT2D eigenvalue weighted by molar-refractivity contribution is 6.13. The van der Waals surface area contributed by atoms with Crippen LogP contribution in [0.5, 0.6) is 0 Å². The number of alkyl halides is 3. The van der Waals surface area contributed by atoms with Crippen LogP contribution in [0, 0.1) is 12.3 Å². The van der Waals surface area contributed by atoms with Crippen molar-refractivity contribution in [3.63, 3.8) is 0 Å². The third-order valence-corrected chi connectivity index (χ3v) is 2.34. The maximum Gasteiger partial charge on any atom is 0.432 e. The van der Waals surface area contributed by atoms with Crippen LogP contribution in [0.1, 0.15) is 5.56 Å². The van der Waals surface area contributed by atoms with Gasteiger partial charge in [-0.25, -0.2) is 4.84 Å². The molecule has 1 aromatic carbocycles. The van der Waals surface area contributed by atoms with Gasteiger partial charge in [0.05, 0.1) is 6.54 Å². The Labute approximate surface area is 114 Å². The molecule has 0 bridgehead atoms. The molecule has 0 fully saturated rings. The predicted octanol–water partition coefficient (Wildman–Crippen LogP) is 3.62. The second-order valence-electron chi connectivity index (χ2n) is 3.89. The molecule has 104 valence electrons. The number of nitrogens with one attached hydrogen (secondary N) is 3. The lowest BCUT2D eigenvalue weighted by molar-refractivity contribution is -0.0584. The van der Waals surface area contributed by atoms with Gasteiger partial charge in [-0.05, 0) is 42.5 Å². The lowest BCUT2D eigenvalue weighted by atomic mass is 10.2. The molecule has 3 nitrogen and oxygen atoms in total. The molecular weight excluding hydrogens is 279 g/mol. The standard InChI is InChI=1S/C12H13ClF3N3/c1-8-3-2-4-9(5-8)19-10(7-18-13)6-11(17)12(14,15)16/h2-6,17-19H,7H2,1H3/b10-6-,17-11?. The summed E-state index contributed by atoms with van der Waals surface area (Å²) in [5.41, 5.74) is 0.319. The Morgan fingerprint density at radius 2 is 2.11 bits per heavy atom. The fourth-order valence-electron chi connectivity index (χ4n) is 1.37. The van der Waals surface area contributed by atoms with E-state index in [1.165, 1.54) is 0 Å². The van der Waals surface area contributed by atoms with E-state index in [9.17, 15) is 13.2 Å². The molecule has 0 heterocycles. The number of hydrogen-bond donors (Lipinski definition) is 3. The number of hydrogen-bond acceptors (Lipinski definition) is 3. The molecule has 0 amide bonds. The number of benzene rings is 1. The average molecular weight is 292 g/mol. The maximum absolute atomic E-state index is 12.3. The Morgan fingerprint density at radius 3 is 2.63 bits per heavy atom. The van der Waals surface area contributed by atoms with E-state index in [-0.39, 0.29) is 12.2 Å². The van der Waals surface area contributed by atoms with Crippen LogP contribution < -0.4 is 10.2 Å². The Bertz CT molecular complexity index is 483. The smallest absolute Gasteiger partial charge is 0.358 e. The molecule has 0 aliphatic heterocycles. The Kier molecular flexibility index (Phi) is 5.38. The van der Waals surface area contributed by atoms with Crippen molar-refractivity contribution in [2.45, 2.75) is 13.1 Å². The molecule has 19 heavy (non-hydrogen) atoms. The van der Waals surface area contributed by atoms with E-state index in [0.717, 1.165) is 5.56 Å². The molecule has 0 saturated heterocycles. The average Bonchev–Trinajstić information content (AvgIpc) is 2.27. The molecule has 1 aromatic rings. The molecule has 0 saturated carbocycles. The summed E-state index contributed by atoms with van der Waals surface area (Å²) in [6.45, 7) is 1.85. The zero-order chi connectivity index (χ0) is 14.5. The number of aryl methyl sites for hydroxylation is 1. The van der Waals surface area contributed by atoms with E-state index in [2.05, 4.69) is 10.2 Å². The summed E-state index contributed by atoms with van der Waals surface area (Å²) >= 11 is 5.31. The van der Waals surface area contributed by atoms with Crippen molar-refractivity contribution < 1.29 is 13.2 Å². The molecule has 1 rings (SSSR count). The molecule has 3 N–H and O–H groups in total. The minimum absolute atomic E-state index is 0.0199. The summed E-state index contributed by atoms with van der Waals surface area (Å²) in [4.78, 5) is 2.24.